The van der Waals surface area contributed by atoms with Gasteiger partial charge >= 0.3 is 0 Å². The van der Waals surface area contributed by atoms with Crippen LogP contribution in [0.1, 0.15) is 25.8 Å². The van der Waals surface area contributed by atoms with Gasteiger partial charge in [0.2, 0.25) is 0 Å². The Morgan fingerprint density at radius 1 is 1.53 bits per heavy atom. The van der Waals surface area contributed by atoms with E-state index in [0.29, 0.717) is 19.0 Å². The highest BCUT2D eigenvalue weighted by molar-refractivity contribution is 5.40. The van der Waals surface area contributed by atoms with Gasteiger partial charge in [-0.2, -0.15) is 10.4 Å². The lowest BCUT2D eigenvalue weighted by molar-refractivity contribution is 0.670. The second-order valence-corrected chi connectivity index (χ2v) is 3.79. The molecule has 0 aliphatic carbocycles. The first-order valence-corrected chi connectivity index (χ1v) is 5.08. The van der Waals surface area contributed by atoms with Crippen molar-refractivity contribution in [2.75, 3.05) is 11.4 Å². The van der Waals surface area contributed by atoms with Crippen LogP contribution in [0.4, 0.5) is 5.82 Å². The predicted octanol–water partition coefficient (Wildman–Crippen LogP) is 1.91. The maximum Gasteiger partial charge on any atom is 0.151 e. The van der Waals surface area contributed by atoms with E-state index < -0.39 is 0 Å². The fraction of sp³-hybridized carbons (Fsp3) is 0.545. The first-order valence-electron chi connectivity index (χ1n) is 5.08. The van der Waals surface area contributed by atoms with Crippen LogP contribution in [0.2, 0.25) is 0 Å². The molecule has 0 spiro atoms. The van der Waals surface area contributed by atoms with Crippen LogP contribution in [0.15, 0.2) is 12.3 Å². The van der Waals surface area contributed by atoms with Crippen LogP contribution in [0.25, 0.3) is 0 Å². The summed E-state index contributed by atoms with van der Waals surface area (Å²) in [5, 5.41) is 16.6. The minimum absolute atomic E-state index is 0.328. The Bertz CT molecular complexity index is 354. The van der Waals surface area contributed by atoms with Gasteiger partial charge < -0.3 is 4.90 Å². The molecule has 0 unspecified atom stereocenters. The van der Waals surface area contributed by atoms with E-state index in [-0.39, 0.29) is 0 Å². The lowest BCUT2D eigenvalue weighted by atomic mass is 10.2. The van der Waals surface area contributed by atoms with Gasteiger partial charge in [-0.05, 0) is 32.4 Å². The second kappa shape index (κ2) is 5.30. The molecule has 0 amide bonds. The van der Waals surface area contributed by atoms with E-state index in [1.54, 1.807) is 6.20 Å². The number of aromatic nitrogens is 2. The van der Waals surface area contributed by atoms with Crippen molar-refractivity contribution in [3.05, 3.63) is 17.8 Å². The van der Waals surface area contributed by atoms with Crippen molar-refractivity contribution in [1.82, 2.24) is 10.2 Å². The monoisotopic (exact) mass is 204 g/mol. The molecule has 0 saturated carbocycles. The van der Waals surface area contributed by atoms with Crippen molar-refractivity contribution in [3.63, 3.8) is 0 Å². The average Bonchev–Trinajstić information content (AvgIpc) is 2.18. The van der Waals surface area contributed by atoms with Gasteiger partial charge in [0, 0.05) is 12.6 Å². The van der Waals surface area contributed by atoms with Crippen LogP contribution < -0.4 is 4.90 Å². The van der Waals surface area contributed by atoms with E-state index in [2.05, 4.69) is 35.0 Å². The van der Waals surface area contributed by atoms with Crippen molar-refractivity contribution in [2.24, 2.45) is 0 Å². The Morgan fingerprint density at radius 3 is 2.80 bits per heavy atom. The van der Waals surface area contributed by atoms with Gasteiger partial charge in [0.1, 0.15) is 0 Å². The molecule has 0 aliphatic rings. The average molecular weight is 204 g/mol. The Kier molecular flexibility index (Phi) is 4.04. The number of nitriles is 1. The normalized spacial score (nSPS) is 10.1. The summed E-state index contributed by atoms with van der Waals surface area (Å²) in [6.45, 7) is 6.86. The topological polar surface area (TPSA) is 52.8 Å². The quantitative estimate of drug-likeness (QED) is 0.751. The molecule has 0 bridgehead atoms. The summed E-state index contributed by atoms with van der Waals surface area (Å²) in [6, 6.07) is 4.47. The molecule has 0 fully saturated rings. The summed E-state index contributed by atoms with van der Waals surface area (Å²) in [5.74, 6) is 0.847. The van der Waals surface area contributed by atoms with Gasteiger partial charge in [-0.25, -0.2) is 0 Å². The van der Waals surface area contributed by atoms with E-state index in [9.17, 15) is 0 Å². The first kappa shape index (κ1) is 11.4. The largest absolute Gasteiger partial charge is 0.352 e. The van der Waals surface area contributed by atoms with Crippen LogP contribution in [0.3, 0.4) is 0 Å². The third-order valence-corrected chi connectivity index (χ3v) is 2.16. The molecule has 0 atom stereocenters. The molecule has 1 heterocycles. The van der Waals surface area contributed by atoms with Crippen molar-refractivity contribution < 1.29 is 0 Å². The maximum absolute atomic E-state index is 8.59. The molecule has 0 aliphatic heterocycles. The summed E-state index contributed by atoms with van der Waals surface area (Å²) in [4.78, 5) is 2.09. The number of aryl methyl sites for hydroxylation is 1. The van der Waals surface area contributed by atoms with Gasteiger partial charge in [-0.15, -0.1) is 5.10 Å². The second-order valence-electron chi connectivity index (χ2n) is 3.79. The summed E-state index contributed by atoms with van der Waals surface area (Å²) < 4.78 is 0. The Morgan fingerprint density at radius 2 is 2.27 bits per heavy atom. The third kappa shape index (κ3) is 3.21. The molecule has 80 valence electrons. The Balaban J connectivity index is 2.84. The lowest BCUT2D eigenvalue weighted by Gasteiger charge is -2.26. The zero-order valence-electron chi connectivity index (χ0n) is 9.44. The molecule has 0 N–H and O–H groups in total. The predicted molar refractivity (Wildman–Crippen MR) is 59.5 cm³/mol. The van der Waals surface area contributed by atoms with Crippen LogP contribution >= 0.6 is 0 Å². The van der Waals surface area contributed by atoms with E-state index in [0.717, 1.165) is 11.4 Å². The molecular formula is C11H16N4. The van der Waals surface area contributed by atoms with Gasteiger partial charge in [-0.3, -0.25) is 0 Å². The summed E-state index contributed by atoms with van der Waals surface area (Å²) in [5.41, 5.74) is 1.09. The van der Waals surface area contributed by atoms with E-state index in [1.165, 1.54) is 0 Å². The highest BCUT2D eigenvalue weighted by atomic mass is 15.3. The summed E-state index contributed by atoms with van der Waals surface area (Å²) >= 11 is 0. The summed E-state index contributed by atoms with van der Waals surface area (Å²) in [7, 11) is 0. The summed E-state index contributed by atoms with van der Waals surface area (Å²) in [6.07, 6.45) is 2.24. The van der Waals surface area contributed by atoms with Crippen LogP contribution in [0.5, 0.6) is 0 Å². The number of hydrogen-bond acceptors (Lipinski definition) is 4. The van der Waals surface area contributed by atoms with Crippen LogP contribution in [0, 0.1) is 18.3 Å². The zero-order chi connectivity index (χ0) is 11.3. The van der Waals surface area contributed by atoms with Gasteiger partial charge in [0.15, 0.2) is 5.82 Å². The SMILES string of the molecule is Cc1cnnc(N(CCC#N)C(C)C)c1. The Labute approximate surface area is 90.5 Å². The van der Waals surface area contributed by atoms with Crippen LogP contribution in [-0.2, 0) is 0 Å². The molecular weight excluding hydrogens is 188 g/mol. The van der Waals surface area contributed by atoms with Gasteiger partial charge in [-0.1, -0.05) is 0 Å². The van der Waals surface area contributed by atoms with Gasteiger partial charge in [0.25, 0.3) is 0 Å². The zero-order valence-corrected chi connectivity index (χ0v) is 9.44. The van der Waals surface area contributed by atoms with Crippen molar-refractivity contribution in [2.45, 2.75) is 33.2 Å². The molecule has 1 rings (SSSR count). The third-order valence-electron chi connectivity index (χ3n) is 2.16. The van der Waals surface area contributed by atoms with Crippen molar-refractivity contribution in [3.8, 4) is 6.07 Å². The van der Waals surface area contributed by atoms with Crippen molar-refractivity contribution >= 4 is 5.82 Å². The number of anilines is 1. The standard InChI is InChI=1S/C11H16N4/c1-9(2)15(6-4-5-12)11-7-10(3)8-13-14-11/h7-9H,4,6H2,1-3H3. The molecule has 1 aromatic heterocycles. The first-order chi connectivity index (χ1) is 7.15. The minimum Gasteiger partial charge on any atom is -0.352 e. The van der Waals surface area contributed by atoms with Crippen LogP contribution in [-0.4, -0.2) is 22.8 Å². The molecule has 0 radical (unpaired) electrons. The van der Waals surface area contributed by atoms with E-state index in [1.807, 2.05) is 13.0 Å². The number of nitrogens with zero attached hydrogens (tertiary/aromatic N) is 4. The number of hydrogen-bond donors (Lipinski definition) is 0. The maximum atomic E-state index is 8.59. The molecule has 4 nitrogen and oxygen atoms in total. The fourth-order valence-electron chi connectivity index (χ4n) is 1.40. The highest BCUT2D eigenvalue weighted by Crippen LogP contribution is 2.14. The molecule has 0 saturated heterocycles. The van der Waals surface area contributed by atoms with Gasteiger partial charge in [0.05, 0.1) is 18.7 Å². The van der Waals surface area contributed by atoms with E-state index in [4.69, 9.17) is 5.26 Å². The lowest BCUT2D eigenvalue weighted by Crippen LogP contribution is -2.32. The molecule has 15 heavy (non-hydrogen) atoms. The molecule has 4 heteroatoms. The molecule has 0 aromatic carbocycles. The minimum atomic E-state index is 0.328. The molecule has 1 aromatic rings. The van der Waals surface area contributed by atoms with Crippen molar-refractivity contribution in [1.29, 1.82) is 5.26 Å². The number of rotatable bonds is 4. The Hall–Kier alpha value is -1.63. The fourth-order valence-corrected chi connectivity index (χ4v) is 1.40. The van der Waals surface area contributed by atoms with E-state index >= 15 is 0 Å². The smallest absolute Gasteiger partial charge is 0.151 e. The highest BCUT2D eigenvalue weighted by Gasteiger charge is 2.11.